The second-order valence-electron chi connectivity index (χ2n) is 12.9. The first kappa shape index (κ1) is 29.2. The third kappa shape index (κ3) is 5.90. The fraction of sp³-hybridized carbons (Fsp3) is 0.486. The van der Waals surface area contributed by atoms with E-state index in [-0.39, 0.29) is 28.3 Å². The van der Waals surface area contributed by atoms with Crippen LogP contribution in [0, 0.1) is 5.82 Å². The van der Waals surface area contributed by atoms with Crippen LogP contribution in [0.2, 0.25) is 0 Å². The summed E-state index contributed by atoms with van der Waals surface area (Å²) in [4.78, 5) is 2.58. The predicted molar refractivity (Wildman–Crippen MR) is 165 cm³/mol. The summed E-state index contributed by atoms with van der Waals surface area (Å²) >= 11 is 0. The minimum absolute atomic E-state index is 0.00341. The topological polar surface area (TPSA) is 68.0 Å². The highest BCUT2D eigenvalue weighted by Crippen LogP contribution is 2.44. The van der Waals surface area contributed by atoms with E-state index in [1.54, 1.807) is 6.07 Å². The third-order valence-electron chi connectivity index (χ3n) is 9.26. The molecule has 1 heterocycles. The summed E-state index contributed by atoms with van der Waals surface area (Å²) in [6, 6.07) is 13.5. The Bertz CT molecular complexity index is 1380. The minimum atomic E-state index is -0.587. The second-order valence-corrected chi connectivity index (χ2v) is 12.9. The van der Waals surface area contributed by atoms with Gasteiger partial charge in [0.15, 0.2) is 11.6 Å². The molecule has 0 aromatic heterocycles. The average Bonchev–Trinajstić information content (AvgIpc) is 2.93. The monoisotopic (exact) mass is 560 g/mol. The maximum atomic E-state index is 15.6. The predicted octanol–water partition coefficient (Wildman–Crippen LogP) is 7.68. The zero-order valence-electron chi connectivity index (χ0n) is 25.3. The van der Waals surface area contributed by atoms with Gasteiger partial charge in [0.05, 0.1) is 12.8 Å². The molecule has 5 nitrogen and oxygen atoms in total. The summed E-state index contributed by atoms with van der Waals surface area (Å²) < 4.78 is 27.2. The molecular formula is C35H45FN2O3. The van der Waals surface area contributed by atoms with E-state index in [1.165, 1.54) is 31.9 Å². The number of halogens is 1. The molecule has 41 heavy (non-hydrogen) atoms. The molecule has 0 bridgehead atoms. The van der Waals surface area contributed by atoms with E-state index in [2.05, 4.69) is 32.6 Å². The molecule has 3 aromatic carbocycles. The quantitative estimate of drug-likeness (QED) is 0.277. The Kier molecular flexibility index (Phi) is 8.24. The summed E-state index contributed by atoms with van der Waals surface area (Å²) in [6.07, 6.45) is 8.07. The SMILES string of the molecule is COc1c(Cc2ccc(OCCN3C(C)(C)CCCC3(C)C)cc2)cc(-c2c(O)ccc3c2CCCC3)c(N)c1F. The molecule has 0 radical (unpaired) electrons. The van der Waals surface area contributed by atoms with Crippen LogP contribution in [0.5, 0.6) is 17.2 Å². The molecule has 6 heteroatoms. The molecule has 0 spiro atoms. The summed E-state index contributed by atoms with van der Waals surface area (Å²) in [7, 11) is 1.46. The Balaban J connectivity index is 1.35. The fourth-order valence-electron chi connectivity index (χ4n) is 7.20. The van der Waals surface area contributed by atoms with E-state index in [0.29, 0.717) is 29.7 Å². The number of aromatic hydroxyl groups is 1. The number of nitrogens with zero attached hydrogens (tertiary/aromatic N) is 1. The van der Waals surface area contributed by atoms with Crippen molar-refractivity contribution in [2.75, 3.05) is 26.0 Å². The maximum absolute atomic E-state index is 15.6. The number of piperidine rings is 1. The van der Waals surface area contributed by atoms with E-state index in [9.17, 15) is 5.11 Å². The van der Waals surface area contributed by atoms with Crippen LogP contribution in [-0.2, 0) is 19.3 Å². The molecule has 1 saturated heterocycles. The van der Waals surface area contributed by atoms with Crippen LogP contribution in [0.25, 0.3) is 11.1 Å². The van der Waals surface area contributed by atoms with Crippen LogP contribution in [0.15, 0.2) is 42.5 Å². The van der Waals surface area contributed by atoms with Gasteiger partial charge >= 0.3 is 0 Å². The van der Waals surface area contributed by atoms with E-state index in [4.69, 9.17) is 15.2 Å². The zero-order valence-corrected chi connectivity index (χ0v) is 25.3. The molecule has 2 aliphatic rings. The van der Waals surface area contributed by atoms with Gasteiger partial charge in [-0.2, -0.15) is 0 Å². The van der Waals surface area contributed by atoms with Gasteiger partial charge < -0.3 is 20.3 Å². The van der Waals surface area contributed by atoms with Crippen molar-refractivity contribution in [3.8, 4) is 28.4 Å². The highest BCUT2D eigenvalue weighted by Gasteiger charge is 2.40. The largest absolute Gasteiger partial charge is 0.507 e. The van der Waals surface area contributed by atoms with Gasteiger partial charge in [-0.25, -0.2) is 4.39 Å². The first-order valence-corrected chi connectivity index (χ1v) is 15.0. The Morgan fingerprint density at radius 1 is 0.951 bits per heavy atom. The molecule has 5 rings (SSSR count). The molecule has 3 N–H and O–H groups in total. The van der Waals surface area contributed by atoms with Crippen molar-refractivity contribution in [3.05, 3.63) is 70.5 Å². The first-order valence-electron chi connectivity index (χ1n) is 15.0. The number of hydrogen-bond acceptors (Lipinski definition) is 5. The van der Waals surface area contributed by atoms with Crippen molar-refractivity contribution < 1.29 is 19.0 Å². The molecule has 220 valence electrons. The van der Waals surface area contributed by atoms with Crippen molar-refractivity contribution >= 4 is 5.69 Å². The van der Waals surface area contributed by atoms with Crippen LogP contribution in [0.1, 0.15) is 82.1 Å². The number of ether oxygens (including phenoxy) is 2. The van der Waals surface area contributed by atoms with Crippen LogP contribution in [-0.4, -0.2) is 41.3 Å². The summed E-state index contributed by atoms with van der Waals surface area (Å²) in [6.45, 7) is 10.8. The molecule has 1 aliphatic heterocycles. The summed E-state index contributed by atoms with van der Waals surface area (Å²) in [5, 5.41) is 10.9. The maximum Gasteiger partial charge on any atom is 0.188 e. The highest BCUT2D eigenvalue weighted by atomic mass is 19.1. The number of rotatable bonds is 8. The number of aryl methyl sites for hydroxylation is 1. The first-order chi connectivity index (χ1) is 19.5. The van der Waals surface area contributed by atoms with Gasteiger partial charge in [-0.15, -0.1) is 0 Å². The van der Waals surface area contributed by atoms with Gasteiger partial charge in [-0.3, -0.25) is 4.90 Å². The Morgan fingerprint density at radius 3 is 2.32 bits per heavy atom. The number of anilines is 1. The highest BCUT2D eigenvalue weighted by molar-refractivity contribution is 5.85. The standard InChI is InChI=1S/C35H45FN2O3/c1-34(2)17-8-18-35(3,4)38(34)19-20-41-26-14-11-23(12-15-26)21-25-22-28(32(37)31(36)33(25)40-5)30-27-10-7-6-9-24(27)13-16-29(30)39/h11-16,22,39H,6-10,17-21,37H2,1-5H3. The molecule has 1 fully saturated rings. The van der Waals surface area contributed by atoms with Crippen LogP contribution in [0.3, 0.4) is 0 Å². The molecule has 0 unspecified atom stereocenters. The van der Waals surface area contributed by atoms with Gasteiger partial charge in [0.2, 0.25) is 0 Å². The molecule has 3 aromatic rings. The lowest BCUT2D eigenvalue weighted by molar-refractivity contribution is -0.0340. The number of phenolic OH excluding ortho intramolecular Hbond substituents is 1. The molecule has 0 atom stereocenters. The minimum Gasteiger partial charge on any atom is -0.507 e. The number of fused-ring (bicyclic) bond motifs is 1. The lowest BCUT2D eigenvalue weighted by atomic mass is 9.80. The third-order valence-corrected chi connectivity index (χ3v) is 9.26. The lowest BCUT2D eigenvalue weighted by Crippen LogP contribution is -2.59. The Morgan fingerprint density at radius 2 is 1.63 bits per heavy atom. The number of phenols is 1. The van der Waals surface area contributed by atoms with Gasteiger partial charge in [0.25, 0.3) is 0 Å². The van der Waals surface area contributed by atoms with Gasteiger partial charge in [0, 0.05) is 40.7 Å². The van der Waals surface area contributed by atoms with Crippen molar-refractivity contribution in [3.63, 3.8) is 0 Å². The van der Waals surface area contributed by atoms with Crippen LogP contribution in [0.4, 0.5) is 10.1 Å². The van der Waals surface area contributed by atoms with Gasteiger partial charge in [-0.1, -0.05) is 18.2 Å². The van der Waals surface area contributed by atoms with Crippen molar-refractivity contribution in [2.24, 2.45) is 0 Å². The number of nitrogen functional groups attached to an aromatic ring is 1. The van der Waals surface area contributed by atoms with E-state index in [1.807, 2.05) is 36.4 Å². The smallest absolute Gasteiger partial charge is 0.188 e. The fourth-order valence-corrected chi connectivity index (χ4v) is 7.20. The van der Waals surface area contributed by atoms with Crippen LogP contribution >= 0.6 is 0 Å². The van der Waals surface area contributed by atoms with Gasteiger partial charge in [-0.05, 0) is 114 Å². The molecule has 0 amide bonds. The average molecular weight is 561 g/mol. The molecule has 1 aliphatic carbocycles. The van der Waals surface area contributed by atoms with Crippen LogP contribution < -0.4 is 15.2 Å². The number of benzene rings is 3. The lowest BCUT2D eigenvalue weighted by Gasteiger charge is -2.53. The second kappa shape index (κ2) is 11.6. The Labute approximate surface area is 244 Å². The Hall–Kier alpha value is -3.25. The van der Waals surface area contributed by atoms with E-state index >= 15 is 4.39 Å². The normalized spacial score (nSPS) is 18.1. The van der Waals surface area contributed by atoms with Gasteiger partial charge in [0.1, 0.15) is 18.1 Å². The number of hydrogen-bond donors (Lipinski definition) is 2. The van der Waals surface area contributed by atoms with Crippen molar-refractivity contribution in [1.82, 2.24) is 4.90 Å². The summed E-state index contributed by atoms with van der Waals surface area (Å²) in [5.74, 6) is 0.503. The number of nitrogens with two attached hydrogens (primary N) is 1. The number of likely N-dealkylation sites (tertiary alicyclic amines) is 1. The summed E-state index contributed by atoms with van der Waals surface area (Å²) in [5.41, 5.74) is 11.8. The molecule has 0 saturated carbocycles. The zero-order chi connectivity index (χ0) is 29.4. The van der Waals surface area contributed by atoms with E-state index in [0.717, 1.165) is 49.1 Å². The number of methoxy groups -OCH3 is 1. The van der Waals surface area contributed by atoms with Crippen molar-refractivity contribution in [1.29, 1.82) is 0 Å². The van der Waals surface area contributed by atoms with Crippen molar-refractivity contribution in [2.45, 2.75) is 90.1 Å². The molecular weight excluding hydrogens is 515 g/mol. The van der Waals surface area contributed by atoms with E-state index < -0.39 is 5.82 Å².